The maximum Gasteiger partial charge on any atom is 0.160 e. The van der Waals surface area contributed by atoms with E-state index in [-0.39, 0.29) is 0 Å². The van der Waals surface area contributed by atoms with Crippen LogP contribution in [0.15, 0.2) is 152 Å². The number of thiophene rings is 1. The van der Waals surface area contributed by atoms with Gasteiger partial charge < -0.3 is 4.57 Å². The van der Waals surface area contributed by atoms with Crippen molar-refractivity contribution in [1.29, 1.82) is 0 Å². The molecule has 3 aromatic heterocycles. The molecule has 6 aromatic carbocycles. The molecule has 9 rings (SSSR count). The Balaban J connectivity index is 1.19. The number of rotatable bonds is 4. The van der Waals surface area contributed by atoms with Crippen LogP contribution in [0.4, 0.5) is 0 Å². The zero-order valence-corrected chi connectivity index (χ0v) is 24.5. The molecule has 0 radical (unpaired) electrons. The lowest BCUT2D eigenvalue weighted by atomic mass is 10.0. The second kappa shape index (κ2) is 10.0. The third-order valence-electron chi connectivity index (χ3n) is 8.43. The normalized spacial score (nSPS) is 11.6. The maximum atomic E-state index is 5.15. The van der Waals surface area contributed by atoms with Crippen molar-refractivity contribution in [2.24, 2.45) is 0 Å². The van der Waals surface area contributed by atoms with E-state index in [1.54, 1.807) is 0 Å². The van der Waals surface area contributed by atoms with E-state index >= 15 is 0 Å². The Morgan fingerprint density at radius 2 is 0.977 bits per heavy atom. The van der Waals surface area contributed by atoms with E-state index in [1.807, 2.05) is 17.4 Å². The van der Waals surface area contributed by atoms with Crippen LogP contribution in [0.5, 0.6) is 0 Å². The second-order valence-electron chi connectivity index (χ2n) is 11.1. The second-order valence-corrected chi connectivity index (χ2v) is 12.1. The molecule has 0 N–H and O–H groups in total. The highest BCUT2D eigenvalue weighted by Gasteiger charge is 2.15. The SMILES string of the molecule is c1ccc(-c2cc(-c3ccc4sc5ccccc5c4c3)nc(-c3ccc(-n4c5ccccc5c5ccccc54)cc3)n2)cc1. The van der Waals surface area contributed by atoms with Crippen LogP contribution in [-0.2, 0) is 0 Å². The molecular formula is C40H25N3S. The molecule has 206 valence electrons. The van der Waals surface area contributed by atoms with E-state index in [0.29, 0.717) is 5.82 Å². The predicted molar refractivity (Wildman–Crippen MR) is 186 cm³/mol. The fraction of sp³-hybridized carbons (Fsp3) is 0. The molecular weight excluding hydrogens is 555 g/mol. The van der Waals surface area contributed by atoms with Crippen LogP contribution in [0.3, 0.4) is 0 Å². The first-order valence-corrected chi connectivity index (χ1v) is 15.6. The first kappa shape index (κ1) is 25.0. The van der Waals surface area contributed by atoms with Crippen molar-refractivity contribution in [3.8, 4) is 39.6 Å². The summed E-state index contributed by atoms with van der Waals surface area (Å²) in [5, 5.41) is 5.06. The van der Waals surface area contributed by atoms with E-state index < -0.39 is 0 Å². The Morgan fingerprint density at radius 1 is 0.409 bits per heavy atom. The van der Waals surface area contributed by atoms with Gasteiger partial charge in [-0.15, -0.1) is 11.3 Å². The average Bonchev–Trinajstić information content (AvgIpc) is 3.64. The topological polar surface area (TPSA) is 30.7 Å². The molecule has 0 aliphatic heterocycles. The molecule has 3 heterocycles. The maximum absolute atomic E-state index is 5.15. The van der Waals surface area contributed by atoms with Gasteiger partial charge in [0.1, 0.15) is 0 Å². The lowest BCUT2D eigenvalue weighted by molar-refractivity contribution is 1.16. The minimum Gasteiger partial charge on any atom is -0.309 e. The van der Waals surface area contributed by atoms with Crippen LogP contribution in [-0.4, -0.2) is 14.5 Å². The molecule has 4 heteroatoms. The number of nitrogens with zero attached hydrogens (tertiary/aromatic N) is 3. The van der Waals surface area contributed by atoms with Gasteiger partial charge in [-0.1, -0.05) is 91.0 Å². The summed E-state index contributed by atoms with van der Waals surface area (Å²) in [5.74, 6) is 0.713. The number of aromatic nitrogens is 3. The van der Waals surface area contributed by atoms with Crippen LogP contribution >= 0.6 is 11.3 Å². The van der Waals surface area contributed by atoms with E-state index in [1.165, 1.54) is 42.0 Å². The summed E-state index contributed by atoms with van der Waals surface area (Å²) in [4.78, 5) is 10.2. The highest BCUT2D eigenvalue weighted by molar-refractivity contribution is 7.25. The monoisotopic (exact) mass is 579 g/mol. The number of benzene rings is 6. The van der Waals surface area contributed by atoms with Crippen LogP contribution in [0, 0.1) is 0 Å². The Hall–Kier alpha value is -5.58. The Kier molecular flexibility index (Phi) is 5.68. The zero-order valence-electron chi connectivity index (χ0n) is 23.7. The van der Waals surface area contributed by atoms with Gasteiger partial charge >= 0.3 is 0 Å². The molecule has 9 aromatic rings. The molecule has 0 unspecified atom stereocenters. The van der Waals surface area contributed by atoms with E-state index in [2.05, 4.69) is 150 Å². The molecule has 0 aliphatic carbocycles. The Bertz CT molecular complexity index is 2430. The van der Waals surface area contributed by atoms with Gasteiger partial charge in [0.2, 0.25) is 0 Å². The van der Waals surface area contributed by atoms with Crippen LogP contribution in [0.2, 0.25) is 0 Å². The fourth-order valence-corrected chi connectivity index (χ4v) is 7.41. The summed E-state index contributed by atoms with van der Waals surface area (Å²) in [7, 11) is 0. The van der Waals surface area contributed by atoms with Crippen molar-refractivity contribution in [2.75, 3.05) is 0 Å². The highest BCUT2D eigenvalue weighted by Crippen LogP contribution is 2.37. The number of fused-ring (bicyclic) bond motifs is 6. The van der Waals surface area contributed by atoms with Crippen molar-refractivity contribution < 1.29 is 0 Å². The Morgan fingerprint density at radius 3 is 1.70 bits per heavy atom. The molecule has 0 amide bonds. The standard InChI is InChI=1S/C40H25N3S/c1-2-10-26(11-3-1)34-25-35(28-20-23-39-33(24-28)32-14-6-9-17-38(32)44-39)42-40(41-34)27-18-21-29(22-19-27)43-36-15-7-4-12-30(36)31-13-5-8-16-37(31)43/h1-25H. The quantitative estimate of drug-likeness (QED) is 0.208. The summed E-state index contributed by atoms with van der Waals surface area (Å²) in [5.41, 5.74) is 8.47. The zero-order chi connectivity index (χ0) is 29.0. The largest absolute Gasteiger partial charge is 0.309 e. The minimum absolute atomic E-state index is 0.713. The molecule has 0 saturated carbocycles. The van der Waals surface area contributed by atoms with Gasteiger partial charge in [-0.05, 0) is 60.7 Å². The average molecular weight is 580 g/mol. The minimum atomic E-state index is 0.713. The molecule has 44 heavy (non-hydrogen) atoms. The first-order chi connectivity index (χ1) is 21.8. The first-order valence-electron chi connectivity index (χ1n) is 14.8. The van der Waals surface area contributed by atoms with Gasteiger partial charge in [0.15, 0.2) is 5.82 Å². The number of hydrogen-bond acceptors (Lipinski definition) is 3. The van der Waals surface area contributed by atoms with Gasteiger partial charge in [-0.2, -0.15) is 0 Å². The van der Waals surface area contributed by atoms with Gasteiger partial charge in [0.25, 0.3) is 0 Å². The summed E-state index contributed by atoms with van der Waals surface area (Å²) >= 11 is 1.83. The summed E-state index contributed by atoms with van der Waals surface area (Å²) in [6, 6.07) is 53.6. The van der Waals surface area contributed by atoms with Crippen LogP contribution < -0.4 is 0 Å². The van der Waals surface area contributed by atoms with Crippen molar-refractivity contribution in [3.05, 3.63) is 152 Å². The van der Waals surface area contributed by atoms with Gasteiger partial charge in [0.05, 0.1) is 22.4 Å². The van der Waals surface area contributed by atoms with Crippen molar-refractivity contribution in [3.63, 3.8) is 0 Å². The fourth-order valence-electron chi connectivity index (χ4n) is 6.33. The molecule has 3 nitrogen and oxygen atoms in total. The smallest absolute Gasteiger partial charge is 0.160 e. The highest BCUT2D eigenvalue weighted by atomic mass is 32.1. The predicted octanol–water partition coefficient (Wildman–Crippen LogP) is 10.9. The molecule has 0 bridgehead atoms. The molecule has 0 fully saturated rings. The van der Waals surface area contributed by atoms with E-state index in [9.17, 15) is 0 Å². The van der Waals surface area contributed by atoms with Gasteiger partial charge in [0, 0.05) is 53.3 Å². The summed E-state index contributed by atoms with van der Waals surface area (Å²) < 4.78 is 4.92. The molecule has 0 spiro atoms. The van der Waals surface area contributed by atoms with E-state index in [4.69, 9.17) is 9.97 Å². The third-order valence-corrected chi connectivity index (χ3v) is 9.58. The summed E-state index contributed by atoms with van der Waals surface area (Å²) in [6.07, 6.45) is 0. The molecule has 0 atom stereocenters. The lowest BCUT2D eigenvalue weighted by Gasteiger charge is -2.11. The summed E-state index contributed by atoms with van der Waals surface area (Å²) in [6.45, 7) is 0. The van der Waals surface area contributed by atoms with Crippen molar-refractivity contribution >= 4 is 53.3 Å². The van der Waals surface area contributed by atoms with Crippen molar-refractivity contribution in [2.45, 2.75) is 0 Å². The number of hydrogen-bond donors (Lipinski definition) is 0. The van der Waals surface area contributed by atoms with Crippen molar-refractivity contribution in [1.82, 2.24) is 14.5 Å². The molecule has 0 aliphatic rings. The number of para-hydroxylation sites is 2. The van der Waals surface area contributed by atoms with Gasteiger partial charge in [-0.25, -0.2) is 9.97 Å². The van der Waals surface area contributed by atoms with E-state index in [0.717, 1.165) is 33.8 Å². The van der Waals surface area contributed by atoms with Crippen LogP contribution in [0.25, 0.3) is 81.6 Å². The van der Waals surface area contributed by atoms with Crippen LogP contribution in [0.1, 0.15) is 0 Å². The third kappa shape index (κ3) is 4.03. The van der Waals surface area contributed by atoms with Gasteiger partial charge in [-0.3, -0.25) is 0 Å². The lowest BCUT2D eigenvalue weighted by Crippen LogP contribution is -1.97. The molecule has 0 saturated heterocycles. The Labute approximate surface area is 258 Å².